The summed E-state index contributed by atoms with van der Waals surface area (Å²) in [5.74, 6) is 0. The van der Waals surface area contributed by atoms with Gasteiger partial charge in [-0.2, -0.15) is 0 Å². The highest BCUT2D eigenvalue weighted by Crippen LogP contribution is 2.34. The van der Waals surface area contributed by atoms with Crippen molar-refractivity contribution in [2.24, 2.45) is 0 Å². The Morgan fingerprint density at radius 3 is 2.88 bits per heavy atom. The zero-order valence-corrected chi connectivity index (χ0v) is 8.80. The van der Waals surface area contributed by atoms with Crippen molar-refractivity contribution in [3.63, 3.8) is 0 Å². The topological polar surface area (TPSA) is 46.4 Å². The SMILES string of the molecule is O=[N+]([O-])c1cccc2c1C=CN(C1CC1)C2. The summed E-state index contributed by atoms with van der Waals surface area (Å²) in [5.41, 5.74) is 2.04. The van der Waals surface area contributed by atoms with Gasteiger partial charge in [-0.05, 0) is 24.5 Å². The zero-order chi connectivity index (χ0) is 11.1. The van der Waals surface area contributed by atoms with Crippen molar-refractivity contribution < 1.29 is 4.92 Å². The van der Waals surface area contributed by atoms with Gasteiger partial charge in [-0.25, -0.2) is 0 Å². The monoisotopic (exact) mass is 216 g/mol. The van der Waals surface area contributed by atoms with Gasteiger partial charge in [-0.1, -0.05) is 12.1 Å². The molecule has 0 aromatic heterocycles. The molecule has 1 aromatic rings. The lowest BCUT2D eigenvalue weighted by Gasteiger charge is -2.24. The predicted molar refractivity (Wildman–Crippen MR) is 60.7 cm³/mol. The molecule has 2 aliphatic rings. The first-order chi connectivity index (χ1) is 7.75. The molecule has 4 nitrogen and oxygen atoms in total. The van der Waals surface area contributed by atoms with Gasteiger partial charge in [0, 0.05) is 24.9 Å². The molecular formula is C12H12N2O2. The number of nitro benzene ring substituents is 1. The van der Waals surface area contributed by atoms with E-state index in [0.29, 0.717) is 6.04 Å². The molecule has 0 atom stereocenters. The number of nitrogens with zero attached hydrogens (tertiary/aromatic N) is 2. The second kappa shape index (κ2) is 3.33. The molecular weight excluding hydrogens is 204 g/mol. The van der Waals surface area contributed by atoms with E-state index < -0.39 is 0 Å². The van der Waals surface area contributed by atoms with E-state index in [9.17, 15) is 10.1 Å². The normalized spacial score (nSPS) is 18.4. The number of benzene rings is 1. The Morgan fingerprint density at radius 2 is 2.19 bits per heavy atom. The van der Waals surface area contributed by atoms with E-state index in [4.69, 9.17) is 0 Å². The van der Waals surface area contributed by atoms with Crippen molar-refractivity contribution in [3.8, 4) is 0 Å². The number of nitro groups is 1. The lowest BCUT2D eigenvalue weighted by Crippen LogP contribution is -2.22. The molecule has 1 aliphatic heterocycles. The van der Waals surface area contributed by atoms with Crippen LogP contribution in [0.25, 0.3) is 6.08 Å². The minimum Gasteiger partial charge on any atom is -0.370 e. The predicted octanol–water partition coefficient (Wildman–Crippen LogP) is 2.54. The van der Waals surface area contributed by atoms with Crippen LogP contribution in [0.1, 0.15) is 24.0 Å². The van der Waals surface area contributed by atoms with Crippen molar-refractivity contribution in [2.45, 2.75) is 25.4 Å². The fourth-order valence-electron chi connectivity index (χ4n) is 2.17. The molecule has 16 heavy (non-hydrogen) atoms. The molecule has 3 rings (SSSR count). The molecule has 1 aliphatic carbocycles. The first kappa shape index (κ1) is 9.39. The molecule has 0 unspecified atom stereocenters. The summed E-state index contributed by atoms with van der Waals surface area (Å²) in [7, 11) is 0. The highest BCUT2D eigenvalue weighted by molar-refractivity contribution is 5.65. The summed E-state index contributed by atoms with van der Waals surface area (Å²) >= 11 is 0. The van der Waals surface area contributed by atoms with E-state index in [1.54, 1.807) is 12.1 Å². The molecule has 1 aromatic carbocycles. The molecule has 1 saturated carbocycles. The Balaban J connectivity index is 2.00. The van der Waals surface area contributed by atoms with E-state index >= 15 is 0 Å². The second-order valence-corrected chi connectivity index (χ2v) is 4.33. The second-order valence-electron chi connectivity index (χ2n) is 4.33. The van der Waals surface area contributed by atoms with Crippen LogP contribution in [0.5, 0.6) is 0 Å². The van der Waals surface area contributed by atoms with Crippen LogP contribution in [-0.2, 0) is 6.54 Å². The Hall–Kier alpha value is -1.84. The Kier molecular flexibility index (Phi) is 1.96. The zero-order valence-electron chi connectivity index (χ0n) is 8.80. The molecule has 4 heteroatoms. The first-order valence-electron chi connectivity index (χ1n) is 5.46. The van der Waals surface area contributed by atoms with Gasteiger partial charge in [0.2, 0.25) is 0 Å². The minimum atomic E-state index is -0.310. The van der Waals surface area contributed by atoms with Gasteiger partial charge in [0.15, 0.2) is 0 Å². The van der Waals surface area contributed by atoms with Gasteiger partial charge in [-0.3, -0.25) is 10.1 Å². The van der Waals surface area contributed by atoms with Gasteiger partial charge >= 0.3 is 0 Å². The van der Waals surface area contributed by atoms with Gasteiger partial charge in [0.05, 0.1) is 10.5 Å². The fraction of sp³-hybridized carbons (Fsp3) is 0.333. The van der Waals surface area contributed by atoms with Crippen LogP contribution in [0.2, 0.25) is 0 Å². The van der Waals surface area contributed by atoms with Gasteiger partial charge in [0.25, 0.3) is 5.69 Å². The molecule has 0 N–H and O–H groups in total. The molecule has 0 radical (unpaired) electrons. The van der Waals surface area contributed by atoms with Crippen LogP contribution in [-0.4, -0.2) is 15.9 Å². The molecule has 0 amide bonds. The maximum Gasteiger partial charge on any atom is 0.276 e. The largest absolute Gasteiger partial charge is 0.370 e. The number of rotatable bonds is 2. The van der Waals surface area contributed by atoms with Crippen LogP contribution in [0.4, 0.5) is 5.69 Å². The van der Waals surface area contributed by atoms with Crippen LogP contribution >= 0.6 is 0 Å². The summed E-state index contributed by atoms with van der Waals surface area (Å²) < 4.78 is 0. The summed E-state index contributed by atoms with van der Waals surface area (Å²) in [6, 6.07) is 5.96. The van der Waals surface area contributed by atoms with Gasteiger partial charge < -0.3 is 4.90 Å². The lowest BCUT2D eigenvalue weighted by molar-refractivity contribution is -0.385. The third-order valence-corrected chi connectivity index (χ3v) is 3.17. The van der Waals surface area contributed by atoms with Crippen molar-refractivity contribution in [1.29, 1.82) is 0 Å². The van der Waals surface area contributed by atoms with E-state index in [1.165, 1.54) is 12.8 Å². The van der Waals surface area contributed by atoms with Crippen molar-refractivity contribution >= 4 is 11.8 Å². The van der Waals surface area contributed by atoms with Crippen molar-refractivity contribution in [1.82, 2.24) is 4.90 Å². The maximum atomic E-state index is 10.9. The molecule has 82 valence electrons. The van der Waals surface area contributed by atoms with Crippen LogP contribution in [0.15, 0.2) is 24.4 Å². The minimum absolute atomic E-state index is 0.212. The number of fused-ring (bicyclic) bond motifs is 1. The summed E-state index contributed by atoms with van der Waals surface area (Å²) in [4.78, 5) is 12.8. The van der Waals surface area contributed by atoms with Gasteiger partial charge in [-0.15, -0.1) is 0 Å². The van der Waals surface area contributed by atoms with Crippen molar-refractivity contribution in [2.75, 3.05) is 0 Å². The standard InChI is InChI=1S/C12H12N2O2/c15-14(16)12-3-1-2-9-8-13(10-4-5-10)7-6-11(9)12/h1-3,6-7,10H,4-5,8H2. The third kappa shape index (κ3) is 1.46. The van der Waals surface area contributed by atoms with E-state index in [1.807, 2.05) is 18.3 Å². The average molecular weight is 216 g/mol. The molecule has 0 saturated heterocycles. The van der Waals surface area contributed by atoms with Crippen LogP contribution in [0, 0.1) is 10.1 Å². The van der Waals surface area contributed by atoms with Crippen LogP contribution < -0.4 is 0 Å². The Bertz CT molecular complexity index is 478. The Morgan fingerprint density at radius 1 is 1.38 bits per heavy atom. The molecule has 0 spiro atoms. The quantitative estimate of drug-likeness (QED) is 0.563. The van der Waals surface area contributed by atoms with E-state index in [2.05, 4.69) is 4.90 Å². The highest BCUT2D eigenvalue weighted by atomic mass is 16.6. The Labute approximate surface area is 93.3 Å². The van der Waals surface area contributed by atoms with E-state index in [-0.39, 0.29) is 10.6 Å². The number of hydrogen-bond donors (Lipinski definition) is 0. The van der Waals surface area contributed by atoms with Gasteiger partial charge in [0.1, 0.15) is 0 Å². The molecule has 0 bridgehead atoms. The highest BCUT2D eigenvalue weighted by Gasteiger charge is 2.29. The molecule has 1 fully saturated rings. The smallest absolute Gasteiger partial charge is 0.276 e. The first-order valence-corrected chi connectivity index (χ1v) is 5.46. The maximum absolute atomic E-state index is 10.9. The summed E-state index contributed by atoms with van der Waals surface area (Å²) in [6.45, 7) is 0.804. The fourth-order valence-corrected chi connectivity index (χ4v) is 2.17. The van der Waals surface area contributed by atoms with Crippen LogP contribution in [0.3, 0.4) is 0 Å². The summed E-state index contributed by atoms with van der Waals surface area (Å²) in [6.07, 6.45) is 6.35. The lowest BCUT2D eigenvalue weighted by atomic mass is 10.0. The number of hydrogen-bond acceptors (Lipinski definition) is 3. The van der Waals surface area contributed by atoms with E-state index in [0.717, 1.165) is 17.7 Å². The average Bonchev–Trinajstić information content (AvgIpc) is 3.11. The third-order valence-electron chi connectivity index (χ3n) is 3.17. The van der Waals surface area contributed by atoms with Crippen molar-refractivity contribution in [3.05, 3.63) is 45.6 Å². The molecule has 1 heterocycles. The summed E-state index contributed by atoms with van der Waals surface area (Å²) in [5, 5.41) is 10.9.